The van der Waals surface area contributed by atoms with E-state index in [-0.39, 0.29) is 21.2 Å². The van der Waals surface area contributed by atoms with Crippen LogP contribution in [-0.2, 0) is 9.84 Å². The van der Waals surface area contributed by atoms with E-state index in [0.29, 0.717) is 12.8 Å². The molecular formula is C13H17ClO5S. The Kier molecular flexibility index (Phi) is 5.42. The zero-order chi connectivity index (χ0) is 15.5. The van der Waals surface area contributed by atoms with Crippen LogP contribution in [0.5, 0.6) is 5.75 Å². The molecule has 1 N–H and O–H groups in total. The quantitative estimate of drug-likeness (QED) is 0.871. The van der Waals surface area contributed by atoms with Gasteiger partial charge in [-0.1, -0.05) is 25.4 Å². The number of ether oxygens (including phenoxy) is 1. The van der Waals surface area contributed by atoms with E-state index in [2.05, 4.69) is 0 Å². The number of methoxy groups -OCH3 is 1. The summed E-state index contributed by atoms with van der Waals surface area (Å²) in [4.78, 5) is 11.0. The largest absolute Gasteiger partial charge is 0.494 e. The lowest BCUT2D eigenvalue weighted by molar-refractivity contribution is 0.0693. The van der Waals surface area contributed by atoms with Crippen molar-refractivity contribution in [2.24, 2.45) is 0 Å². The summed E-state index contributed by atoms with van der Waals surface area (Å²) in [5.74, 6) is -1.46. The Morgan fingerprint density at radius 2 is 1.90 bits per heavy atom. The number of carboxylic acid groups (broad SMARTS) is 1. The van der Waals surface area contributed by atoms with Crippen molar-refractivity contribution in [2.75, 3.05) is 7.11 Å². The van der Waals surface area contributed by atoms with E-state index >= 15 is 0 Å². The van der Waals surface area contributed by atoms with E-state index in [9.17, 15) is 13.2 Å². The van der Waals surface area contributed by atoms with Crippen LogP contribution in [0.2, 0.25) is 5.02 Å². The van der Waals surface area contributed by atoms with Gasteiger partial charge >= 0.3 is 5.97 Å². The predicted octanol–water partition coefficient (Wildman–Crippen LogP) is 3.01. The summed E-state index contributed by atoms with van der Waals surface area (Å²) in [5.41, 5.74) is -0.260. The van der Waals surface area contributed by atoms with E-state index in [4.69, 9.17) is 21.4 Å². The van der Waals surface area contributed by atoms with Gasteiger partial charge in [0.05, 0.1) is 12.4 Å². The summed E-state index contributed by atoms with van der Waals surface area (Å²) < 4.78 is 30.1. The van der Waals surface area contributed by atoms with Gasteiger partial charge in [-0.05, 0) is 25.0 Å². The second-order valence-corrected chi connectivity index (χ2v) is 6.91. The molecule has 1 aromatic carbocycles. The Morgan fingerprint density at radius 3 is 2.30 bits per heavy atom. The molecule has 5 nitrogen and oxygen atoms in total. The van der Waals surface area contributed by atoms with Gasteiger partial charge in [0.2, 0.25) is 0 Å². The van der Waals surface area contributed by atoms with Crippen LogP contribution in [0.15, 0.2) is 17.0 Å². The molecule has 20 heavy (non-hydrogen) atoms. The molecule has 0 heterocycles. The normalized spacial score (nSPS) is 11.7. The van der Waals surface area contributed by atoms with Crippen molar-refractivity contribution >= 4 is 27.4 Å². The maximum absolute atomic E-state index is 12.6. The van der Waals surface area contributed by atoms with Gasteiger partial charge in [-0.2, -0.15) is 0 Å². The predicted molar refractivity (Wildman–Crippen MR) is 76.5 cm³/mol. The van der Waals surface area contributed by atoms with E-state index < -0.39 is 21.1 Å². The molecule has 0 fully saturated rings. The van der Waals surface area contributed by atoms with Crippen molar-refractivity contribution in [3.63, 3.8) is 0 Å². The lowest BCUT2D eigenvalue weighted by Gasteiger charge is -2.17. The SMILES string of the molecule is CCC(CC)S(=O)(=O)c1cc(Cl)cc(C(=O)O)c1OC. The number of sulfone groups is 1. The maximum atomic E-state index is 12.6. The van der Waals surface area contributed by atoms with Crippen LogP contribution in [0.3, 0.4) is 0 Å². The summed E-state index contributed by atoms with van der Waals surface area (Å²) in [5, 5.41) is 8.58. The second-order valence-electron chi connectivity index (χ2n) is 4.27. The average Bonchev–Trinajstić information content (AvgIpc) is 2.38. The van der Waals surface area contributed by atoms with E-state index in [0.717, 1.165) is 0 Å². The highest BCUT2D eigenvalue weighted by Crippen LogP contribution is 2.35. The highest BCUT2D eigenvalue weighted by Gasteiger charge is 2.30. The number of carboxylic acids is 1. The molecule has 0 aliphatic rings. The topological polar surface area (TPSA) is 80.7 Å². The maximum Gasteiger partial charge on any atom is 0.339 e. The van der Waals surface area contributed by atoms with Crippen molar-refractivity contribution in [1.82, 2.24) is 0 Å². The van der Waals surface area contributed by atoms with Crippen LogP contribution in [0, 0.1) is 0 Å². The Balaban J connectivity index is 3.64. The van der Waals surface area contributed by atoms with Crippen LogP contribution < -0.4 is 4.74 Å². The van der Waals surface area contributed by atoms with E-state index in [1.165, 1.54) is 19.2 Å². The molecule has 0 unspecified atom stereocenters. The number of hydrogen-bond acceptors (Lipinski definition) is 4. The van der Waals surface area contributed by atoms with Gasteiger partial charge < -0.3 is 9.84 Å². The van der Waals surface area contributed by atoms with Crippen molar-refractivity contribution in [3.8, 4) is 5.75 Å². The summed E-state index contributed by atoms with van der Waals surface area (Å²) in [7, 11) is -2.46. The average molecular weight is 321 g/mol. The van der Waals surface area contributed by atoms with Gasteiger partial charge in [0.15, 0.2) is 15.6 Å². The smallest absolute Gasteiger partial charge is 0.339 e. The number of rotatable bonds is 6. The van der Waals surface area contributed by atoms with Crippen LogP contribution >= 0.6 is 11.6 Å². The molecule has 0 radical (unpaired) electrons. The Hall–Kier alpha value is -1.27. The summed E-state index contributed by atoms with van der Waals surface area (Å²) in [6, 6.07) is 2.41. The zero-order valence-electron chi connectivity index (χ0n) is 11.5. The molecule has 0 aliphatic carbocycles. The lowest BCUT2D eigenvalue weighted by Crippen LogP contribution is -2.21. The van der Waals surface area contributed by atoms with Gasteiger partial charge in [0.25, 0.3) is 0 Å². The van der Waals surface area contributed by atoms with Gasteiger partial charge in [0.1, 0.15) is 10.5 Å². The van der Waals surface area contributed by atoms with Crippen LogP contribution in [0.4, 0.5) is 0 Å². The summed E-state index contributed by atoms with van der Waals surface area (Å²) in [6.07, 6.45) is 0.855. The van der Waals surface area contributed by atoms with Crippen molar-refractivity contribution < 1.29 is 23.1 Å². The molecule has 7 heteroatoms. The first kappa shape index (κ1) is 16.8. The van der Waals surface area contributed by atoms with Gasteiger partial charge in [-0.3, -0.25) is 0 Å². The monoisotopic (exact) mass is 320 g/mol. The Bertz CT molecular complexity index is 605. The third kappa shape index (κ3) is 3.07. The summed E-state index contributed by atoms with van der Waals surface area (Å²) in [6.45, 7) is 3.53. The molecule has 0 atom stereocenters. The summed E-state index contributed by atoms with van der Waals surface area (Å²) >= 11 is 5.84. The Morgan fingerprint density at radius 1 is 1.35 bits per heavy atom. The minimum atomic E-state index is -3.70. The van der Waals surface area contributed by atoms with Gasteiger partial charge in [-0.15, -0.1) is 0 Å². The third-order valence-electron chi connectivity index (χ3n) is 3.11. The fourth-order valence-corrected chi connectivity index (χ4v) is 4.32. The molecule has 0 saturated carbocycles. The fourth-order valence-electron chi connectivity index (χ4n) is 2.06. The van der Waals surface area contributed by atoms with Crippen LogP contribution in [0.1, 0.15) is 37.0 Å². The molecule has 0 amide bonds. The second kappa shape index (κ2) is 6.45. The van der Waals surface area contributed by atoms with Gasteiger partial charge in [0, 0.05) is 5.02 Å². The molecule has 1 aromatic rings. The highest BCUT2D eigenvalue weighted by molar-refractivity contribution is 7.92. The molecule has 0 spiro atoms. The number of benzene rings is 1. The number of halogens is 1. The minimum absolute atomic E-state index is 0.0488. The van der Waals surface area contributed by atoms with Gasteiger partial charge in [-0.25, -0.2) is 13.2 Å². The van der Waals surface area contributed by atoms with E-state index in [1.807, 2.05) is 0 Å². The lowest BCUT2D eigenvalue weighted by atomic mass is 10.2. The standard InChI is InChI=1S/C13H17ClO5S/c1-4-9(5-2)20(17,18)11-7-8(14)6-10(13(15)16)12(11)19-3/h6-7,9H,4-5H2,1-3H3,(H,15,16). The molecule has 0 saturated heterocycles. The minimum Gasteiger partial charge on any atom is -0.494 e. The first-order valence-corrected chi connectivity index (χ1v) is 8.06. The number of aromatic carboxylic acids is 1. The molecule has 0 aliphatic heterocycles. The van der Waals surface area contributed by atoms with Crippen LogP contribution in [0.25, 0.3) is 0 Å². The van der Waals surface area contributed by atoms with Crippen LogP contribution in [-0.4, -0.2) is 31.9 Å². The van der Waals surface area contributed by atoms with Crippen molar-refractivity contribution in [2.45, 2.75) is 36.8 Å². The molecule has 0 bridgehead atoms. The number of hydrogen-bond donors (Lipinski definition) is 1. The third-order valence-corrected chi connectivity index (χ3v) is 5.79. The molecule has 1 rings (SSSR count). The first-order valence-electron chi connectivity index (χ1n) is 6.14. The first-order chi connectivity index (χ1) is 9.29. The molecular weight excluding hydrogens is 304 g/mol. The van der Waals surface area contributed by atoms with Crippen molar-refractivity contribution in [3.05, 3.63) is 22.7 Å². The molecule has 112 valence electrons. The highest BCUT2D eigenvalue weighted by atomic mass is 35.5. The van der Waals surface area contributed by atoms with E-state index in [1.54, 1.807) is 13.8 Å². The number of carbonyl (C=O) groups is 1. The van der Waals surface area contributed by atoms with Crippen molar-refractivity contribution in [1.29, 1.82) is 0 Å². The molecule has 0 aromatic heterocycles. The zero-order valence-corrected chi connectivity index (χ0v) is 13.1. The Labute approximate surface area is 123 Å². The fraction of sp³-hybridized carbons (Fsp3) is 0.462.